The van der Waals surface area contributed by atoms with Gasteiger partial charge in [-0.3, -0.25) is 9.53 Å². The largest absolute Gasteiger partial charge is 0.396 e. The lowest BCUT2D eigenvalue weighted by atomic mass is 9.97. The van der Waals surface area contributed by atoms with Gasteiger partial charge in [-0.2, -0.15) is 5.10 Å². The summed E-state index contributed by atoms with van der Waals surface area (Å²) in [6.45, 7) is 15.9. The number of anilines is 1. The van der Waals surface area contributed by atoms with Gasteiger partial charge < -0.3 is 14.7 Å². The smallest absolute Gasteiger partial charge is 0.303 e. The van der Waals surface area contributed by atoms with Crippen molar-refractivity contribution in [3.05, 3.63) is 28.6 Å². The minimum absolute atomic E-state index is 0.0316. The summed E-state index contributed by atoms with van der Waals surface area (Å²) in [6, 6.07) is 3.96. The molecule has 0 unspecified atom stereocenters. The van der Waals surface area contributed by atoms with Crippen LogP contribution in [0, 0.1) is 12.5 Å². The number of hydrogen-bond acceptors (Lipinski definition) is 9. The number of aliphatic hydroxyl groups excluding tert-OH is 1. The number of alkyl halides is 2. The zero-order valence-corrected chi connectivity index (χ0v) is 27.4. The molecule has 1 saturated heterocycles. The second-order valence-electron chi connectivity index (χ2n) is 12.5. The molecule has 2 fully saturated rings. The number of piperidine rings is 1. The Hall–Kier alpha value is -2.55. The molecule has 1 aromatic carbocycles. The van der Waals surface area contributed by atoms with Gasteiger partial charge in [-0.15, -0.1) is 10.2 Å². The predicted octanol–water partition coefficient (Wildman–Crippen LogP) is 4.95. The molecule has 3 heterocycles. The van der Waals surface area contributed by atoms with Crippen molar-refractivity contribution >= 4 is 46.0 Å². The van der Waals surface area contributed by atoms with Gasteiger partial charge in [-0.1, -0.05) is 35.3 Å². The molecule has 1 saturated carbocycles. The number of hydrogen-bond donors (Lipinski definition) is 1. The van der Waals surface area contributed by atoms with Crippen LogP contribution in [0.3, 0.4) is 0 Å². The Labute approximate surface area is 255 Å². The van der Waals surface area contributed by atoms with E-state index < -0.39 is 35.2 Å². The monoisotopic (exact) mass is 653 g/mol. The summed E-state index contributed by atoms with van der Waals surface area (Å²) in [4.78, 5) is 5.76. The van der Waals surface area contributed by atoms with Crippen LogP contribution in [0.15, 0.2) is 17.0 Å². The number of rotatable bonds is 12. The van der Waals surface area contributed by atoms with Gasteiger partial charge in [0.2, 0.25) is 0 Å². The molecule has 2 aromatic heterocycles. The van der Waals surface area contributed by atoms with Crippen molar-refractivity contribution in [3.8, 4) is 10.7 Å². The van der Waals surface area contributed by atoms with Gasteiger partial charge in [0.1, 0.15) is 12.4 Å². The van der Waals surface area contributed by atoms with Crippen molar-refractivity contribution < 1.29 is 27.0 Å². The van der Waals surface area contributed by atoms with E-state index in [1.54, 1.807) is 17.8 Å². The number of aryl methyl sites for hydroxylation is 1. The minimum atomic E-state index is -4.24. The molecule has 0 radical (unpaired) electrons. The molecule has 234 valence electrons. The highest BCUT2D eigenvalue weighted by molar-refractivity contribution is 7.89. The van der Waals surface area contributed by atoms with Gasteiger partial charge in [-0.05, 0) is 36.9 Å². The molecular weight excluding hydrogens is 617 g/mol. The number of fused-ring (bicyclic) bond motifs is 1. The molecular formula is C27H37F2N7O4S2Si. The summed E-state index contributed by atoms with van der Waals surface area (Å²) in [5.74, 6) is 0.159. The third kappa shape index (κ3) is 6.47. The fourth-order valence-electron chi connectivity index (χ4n) is 5.29. The number of ether oxygens (including phenoxy) is 1. The number of sulfonamides is 1. The Morgan fingerprint density at radius 3 is 2.51 bits per heavy atom. The Kier molecular flexibility index (Phi) is 8.96. The standard InChI is InChI=1S/C27H37F2N7O4S2Si/c1-30-27(8-9-27)36(17-40-12-13-43(3,4)5)42(38,39)19-14-20-22(25-31-32-26(41-25)24(28)29)33-34(2)23(20)21(15-19)35-10-6-18(16-37)7-11-35/h14-15,18,24,37H,6-13,16-17H2,2-5H3. The zero-order chi connectivity index (χ0) is 31.2. The van der Waals surface area contributed by atoms with Crippen LogP contribution < -0.4 is 4.90 Å². The van der Waals surface area contributed by atoms with Gasteiger partial charge >= 0.3 is 5.66 Å². The molecule has 0 bridgehead atoms. The van der Waals surface area contributed by atoms with Gasteiger partial charge in [0.25, 0.3) is 16.4 Å². The lowest BCUT2D eigenvalue weighted by Gasteiger charge is -2.33. The first-order valence-electron chi connectivity index (χ1n) is 14.3. The SMILES string of the molecule is [C-]#[N+]C1(N(COCC[Si](C)(C)C)S(=O)(=O)c2cc(N3CCC(CO)CC3)c3c(c2)c(-c2nnc(C(F)F)s2)nn3C)CC1. The summed E-state index contributed by atoms with van der Waals surface area (Å²) in [5, 5.41) is 22.0. The van der Waals surface area contributed by atoms with E-state index in [2.05, 4.69) is 44.7 Å². The molecule has 2 aliphatic rings. The van der Waals surface area contributed by atoms with Crippen LogP contribution in [0.25, 0.3) is 26.4 Å². The number of aliphatic hydroxyl groups is 1. The lowest BCUT2D eigenvalue weighted by Crippen LogP contribution is -2.42. The van der Waals surface area contributed by atoms with Gasteiger partial charge in [0.15, 0.2) is 10.0 Å². The Morgan fingerprint density at radius 2 is 1.95 bits per heavy atom. The highest BCUT2D eigenvalue weighted by Crippen LogP contribution is 2.47. The van der Waals surface area contributed by atoms with Crippen LogP contribution in [0.2, 0.25) is 25.7 Å². The zero-order valence-electron chi connectivity index (χ0n) is 24.8. The molecule has 1 aliphatic carbocycles. The van der Waals surface area contributed by atoms with Crippen molar-refractivity contribution in [2.75, 3.05) is 37.9 Å². The van der Waals surface area contributed by atoms with E-state index in [0.29, 0.717) is 60.5 Å². The van der Waals surface area contributed by atoms with Crippen LogP contribution in [0.5, 0.6) is 0 Å². The summed E-state index contributed by atoms with van der Waals surface area (Å²) in [6.07, 6.45) is -0.512. The summed E-state index contributed by atoms with van der Waals surface area (Å²) in [5.41, 5.74) is 0.319. The summed E-state index contributed by atoms with van der Waals surface area (Å²) < 4.78 is 64.2. The van der Waals surface area contributed by atoms with Crippen LogP contribution >= 0.6 is 11.3 Å². The Balaban J connectivity index is 1.62. The first kappa shape index (κ1) is 31.9. The number of halogens is 2. The maximum atomic E-state index is 14.4. The van der Waals surface area contributed by atoms with Crippen LogP contribution in [-0.2, 0) is 21.8 Å². The summed E-state index contributed by atoms with van der Waals surface area (Å²) in [7, 11) is -3.95. The van der Waals surface area contributed by atoms with Gasteiger partial charge in [0.05, 0.1) is 28.9 Å². The number of aromatic nitrogens is 4. The van der Waals surface area contributed by atoms with Gasteiger partial charge in [0, 0.05) is 46.8 Å². The van der Waals surface area contributed by atoms with Crippen LogP contribution in [0.1, 0.15) is 37.1 Å². The molecule has 0 spiro atoms. The molecule has 1 aliphatic heterocycles. The first-order chi connectivity index (χ1) is 20.3. The quantitative estimate of drug-likeness (QED) is 0.126. The molecule has 3 aromatic rings. The van der Waals surface area contributed by atoms with Crippen molar-refractivity contribution in [2.24, 2.45) is 13.0 Å². The molecule has 0 amide bonds. The van der Waals surface area contributed by atoms with Crippen molar-refractivity contribution in [1.29, 1.82) is 0 Å². The molecule has 16 heteroatoms. The van der Waals surface area contributed by atoms with Crippen molar-refractivity contribution in [1.82, 2.24) is 24.3 Å². The Bertz CT molecular complexity index is 1620. The Morgan fingerprint density at radius 1 is 1.26 bits per heavy atom. The van der Waals surface area contributed by atoms with E-state index >= 15 is 0 Å². The molecule has 1 N–H and O–H groups in total. The van der Waals surface area contributed by atoms with Crippen molar-refractivity contribution in [3.63, 3.8) is 0 Å². The van der Waals surface area contributed by atoms with E-state index in [9.17, 15) is 22.3 Å². The normalized spacial score (nSPS) is 17.7. The second-order valence-corrected chi connectivity index (χ2v) is 21.0. The lowest BCUT2D eigenvalue weighted by molar-refractivity contribution is 0.0642. The van der Waals surface area contributed by atoms with Crippen molar-refractivity contribution in [2.45, 2.75) is 68.4 Å². The molecule has 11 nitrogen and oxygen atoms in total. The highest BCUT2D eigenvalue weighted by atomic mass is 32.2. The maximum Gasteiger partial charge on any atom is 0.303 e. The third-order valence-electron chi connectivity index (χ3n) is 8.10. The first-order valence-corrected chi connectivity index (χ1v) is 20.2. The van der Waals surface area contributed by atoms with Gasteiger partial charge in [-0.25, -0.2) is 23.8 Å². The van der Waals surface area contributed by atoms with E-state index in [1.165, 1.54) is 10.4 Å². The second kappa shape index (κ2) is 12.1. The predicted molar refractivity (Wildman–Crippen MR) is 163 cm³/mol. The van der Waals surface area contributed by atoms with E-state index in [4.69, 9.17) is 11.3 Å². The average molecular weight is 654 g/mol. The number of benzene rings is 1. The summed E-state index contributed by atoms with van der Waals surface area (Å²) >= 11 is 0.714. The average Bonchev–Trinajstić information content (AvgIpc) is 3.44. The van der Waals surface area contributed by atoms with E-state index in [0.717, 1.165) is 18.9 Å². The fourth-order valence-corrected chi connectivity index (χ4v) is 8.41. The topological polar surface area (TPSA) is 118 Å². The maximum absolute atomic E-state index is 14.4. The highest BCUT2D eigenvalue weighted by Gasteiger charge is 2.61. The van der Waals surface area contributed by atoms with E-state index in [-0.39, 0.29) is 34.9 Å². The van der Waals surface area contributed by atoms with Crippen LogP contribution in [-0.4, -0.2) is 84.6 Å². The molecule has 5 rings (SSSR count). The van der Waals surface area contributed by atoms with E-state index in [1.807, 2.05) is 0 Å². The fraction of sp³-hybridized carbons (Fsp3) is 0.630. The molecule has 0 atom stereocenters. The number of nitrogens with zero attached hydrogens (tertiary/aromatic N) is 7. The minimum Gasteiger partial charge on any atom is -0.396 e. The van der Waals surface area contributed by atoms with Crippen LogP contribution in [0.4, 0.5) is 14.5 Å². The molecule has 43 heavy (non-hydrogen) atoms. The third-order valence-corrected chi connectivity index (χ3v) is 12.6.